The number of unbranched alkanes of at least 4 members (excludes halogenated alkanes) is 9. The van der Waals surface area contributed by atoms with Gasteiger partial charge in [0.1, 0.15) is 0 Å². The summed E-state index contributed by atoms with van der Waals surface area (Å²) in [5.74, 6) is -0.489. The van der Waals surface area contributed by atoms with E-state index >= 15 is 0 Å². The average molecular weight is 357 g/mol. The van der Waals surface area contributed by atoms with Crippen molar-refractivity contribution in [1.29, 1.82) is 0 Å². The molecule has 7 heteroatoms. The van der Waals surface area contributed by atoms with Gasteiger partial charge in [0, 0.05) is 6.54 Å². The maximum Gasteiger partial charge on any atom is 1.00 e. The van der Waals surface area contributed by atoms with Crippen molar-refractivity contribution in [2.24, 2.45) is 4.99 Å². The standard InChI is InChI=1S/C16H33NO4S.Na/c1-2-3-4-5-6-7-8-9-10-11-13-16(18)17-14-12-15-22(19,20)21;/h2-15H2,1H3,(H,17,18)(H,19,20,21);/q;+1/p-1. The molecule has 0 rings (SSSR count). The van der Waals surface area contributed by atoms with E-state index in [1.54, 1.807) is 0 Å². The van der Waals surface area contributed by atoms with Crippen LogP contribution >= 0.6 is 0 Å². The molecule has 0 aromatic heterocycles. The predicted octanol–water partition coefficient (Wildman–Crippen LogP) is 0.338. The van der Waals surface area contributed by atoms with E-state index in [4.69, 9.17) is 4.55 Å². The second-order valence-corrected chi connectivity index (χ2v) is 7.42. The molecule has 0 unspecified atom stereocenters. The molecule has 132 valence electrons. The topological polar surface area (TPSA) is 89.8 Å². The molecule has 0 fully saturated rings. The fraction of sp³-hybridized carbons (Fsp3) is 0.938. The first-order valence-corrected chi connectivity index (χ1v) is 10.2. The summed E-state index contributed by atoms with van der Waals surface area (Å²) in [6.45, 7) is 2.40. The van der Waals surface area contributed by atoms with Crippen LogP contribution in [0.1, 0.15) is 84.0 Å². The van der Waals surface area contributed by atoms with Crippen molar-refractivity contribution in [2.75, 3.05) is 12.3 Å². The molecule has 1 N–H and O–H groups in total. The summed E-state index contributed by atoms with van der Waals surface area (Å²) in [5, 5.41) is 11.4. The van der Waals surface area contributed by atoms with E-state index in [0.717, 1.165) is 12.8 Å². The van der Waals surface area contributed by atoms with Gasteiger partial charge in [-0.1, -0.05) is 64.7 Å². The molecular formula is C16H32NNaO4S. The van der Waals surface area contributed by atoms with E-state index < -0.39 is 10.1 Å². The first kappa shape index (κ1) is 25.6. The molecule has 0 saturated carbocycles. The normalized spacial score (nSPS) is 12.2. The van der Waals surface area contributed by atoms with Crippen LogP contribution in [0, 0.1) is 0 Å². The largest absolute Gasteiger partial charge is 1.00 e. The zero-order chi connectivity index (χ0) is 16.7. The molecule has 0 atom stereocenters. The van der Waals surface area contributed by atoms with Gasteiger partial charge in [0.05, 0.1) is 5.75 Å². The first-order chi connectivity index (χ1) is 10.5. The van der Waals surface area contributed by atoms with E-state index in [1.807, 2.05) is 0 Å². The van der Waals surface area contributed by atoms with Crippen LogP contribution in [0.15, 0.2) is 4.99 Å². The van der Waals surface area contributed by atoms with Gasteiger partial charge in [-0.25, -0.2) is 0 Å². The predicted molar refractivity (Wildman–Crippen MR) is 89.8 cm³/mol. The Morgan fingerprint density at radius 3 is 1.87 bits per heavy atom. The van der Waals surface area contributed by atoms with Crippen LogP contribution in [0.25, 0.3) is 0 Å². The Kier molecular flexibility index (Phi) is 19.2. The Morgan fingerprint density at radius 2 is 1.39 bits per heavy atom. The third-order valence-corrected chi connectivity index (χ3v) is 4.40. The monoisotopic (exact) mass is 357 g/mol. The molecule has 23 heavy (non-hydrogen) atoms. The molecule has 0 aliphatic heterocycles. The third-order valence-electron chi connectivity index (χ3n) is 3.59. The number of aliphatic imine (C=N–C) groups is 1. The summed E-state index contributed by atoms with van der Waals surface area (Å²) >= 11 is 0. The van der Waals surface area contributed by atoms with Gasteiger partial charge in [0.2, 0.25) is 0 Å². The van der Waals surface area contributed by atoms with E-state index in [-0.39, 0.29) is 54.2 Å². The van der Waals surface area contributed by atoms with Gasteiger partial charge in [-0.2, -0.15) is 8.42 Å². The van der Waals surface area contributed by atoms with Gasteiger partial charge in [-0.05, 0) is 25.2 Å². The summed E-state index contributed by atoms with van der Waals surface area (Å²) in [4.78, 5) is 3.79. The Hall–Kier alpha value is 0.380. The van der Waals surface area contributed by atoms with Gasteiger partial charge >= 0.3 is 29.6 Å². The van der Waals surface area contributed by atoms with Crippen LogP contribution in [-0.4, -0.2) is 31.2 Å². The Morgan fingerprint density at radius 1 is 0.913 bits per heavy atom. The molecule has 0 heterocycles. The van der Waals surface area contributed by atoms with Crippen LogP contribution in [-0.2, 0) is 10.1 Å². The summed E-state index contributed by atoms with van der Waals surface area (Å²) in [6, 6.07) is 0. The van der Waals surface area contributed by atoms with Crippen LogP contribution in [0.2, 0.25) is 0 Å². The molecule has 0 radical (unpaired) electrons. The summed E-state index contributed by atoms with van der Waals surface area (Å²) in [5.41, 5.74) is 0. The minimum atomic E-state index is -3.93. The minimum Gasteiger partial charge on any atom is -0.862 e. The van der Waals surface area contributed by atoms with E-state index in [1.165, 1.54) is 51.4 Å². The average Bonchev–Trinajstić information content (AvgIpc) is 2.44. The quantitative estimate of drug-likeness (QED) is 0.150. The number of hydrogen-bond acceptors (Lipinski definition) is 4. The Balaban J connectivity index is 0. The van der Waals surface area contributed by atoms with Gasteiger partial charge in [0.15, 0.2) is 0 Å². The van der Waals surface area contributed by atoms with Crippen molar-refractivity contribution in [3.05, 3.63) is 0 Å². The fourth-order valence-electron chi connectivity index (χ4n) is 2.29. The maximum atomic E-state index is 11.4. The third kappa shape index (κ3) is 22.4. The van der Waals surface area contributed by atoms with Gasteiger partial charge in [-0.15, -0.1) is 0 Å². The van der Waals surface area contributed by atoms with Crippen molar-refractivity contribution in [3.8, 4) is 0 Å². The Bertz CT molecular complexity index is 386. The first-order valence-electron chi connectivity index (χ1n) is 8.61. The van der Waals surface area contributed by atoms with Crippen LogP contribution in [0.3, 0.4) is 0 Å². The van der Waals surface area contributed by atoms with Gasteiger partial charge < -0.3 is 10.1 Å². The van der Waals surface area contributed by atoms with Crippen LogP contribution in [0.5, 0.6) is 0 Å². The van der Waals surface area contributed by atoms with Crippen molar-refractivity contribution in [2.45, 2.75) is 84.0 Å². The maximum absolute atomic E-state index is 11.4. The number of nitrogens with zero attached hydrogens (tertiary/aromatic N) is 1. The van der Waals surface area contributed by atoms with Crippen LogP contribution in [0.4, 0.5) is 0 Å². The molecule has 0 amide bonds. The second-order valence-electron chi connectivity index (χ2n) is 5.85. The van der Waals surface area contributed by atoms with Gasteiger partial charge in [-0.3, -0.25) is 4.55 Å². The molecule has 0 saturated heterocycles. The second kappa shape index (κ2) is 17.2. The van der Waals surface area contributed by atoms with Crippen molar-refractivity contribution < 1.29 is 47.6 Å². The molecule has 0 aromatic carbocycles. The van der Waals surface area contributed by atoms with Crippen molar-refractivity contribution in [3.63, 3.8) is 0 Å². The Labute approximate surface area is 164 Å². The van der Waals surface area contributed by atoms with E-state index in [9.17, 15) is 13.5 Å². The summed E-state index contributed by atoms with van der Waals surface area (Å²) in [6.07, 6.45) is 12.9. The number of hydrogen-bond donors (Lipinski definition) is 1. The molecule has 0 aliphatic rings. The van der Waals surface area contributed by atoms with Crippen LogP contribution < -0.4 is 34.7 Å². The van der Waals surface area contributed by atoms with Crippen molar-refractivity contribution >= 4 is 16.0 Å². The molecule has 0 aliphatic carbocycles. The van der Waals surface area contributed by atoms with Crippen molar-refractivity contribution in [1.82, 2.24) is 0 Å². The smallest absolute Gasteiger partial charge is 0.862 e. The molecule has 0 aromatic rings. The van der Waals surface area contributed by atoms with E-state index in [2.05, 4.69) is 11.9 Å². The summed E-state index contributed by atoms with van der Waals surface area (Å²) in [7, 11) is -3.93. The molecular weight excluding hydrogens is 325 g/mol. The molecule has 0 bridgehead atoms. The molecule has 5 nitrogen and oxygen atoms in total. The summed E-state index contributed by atoms with van der Waals surface area (Å²) < 4.78 is 29.5. The SMILES string of the molecule is CCCCCCCCCCCCC([O-])=NCCCS(=O)(=O)O.[Na+]. The van der Waals surface area contributed by atoms with Gasteiger partial charge in [0.25, 0.3) is 10.1 Å². The zero-order valence-corrected chi connectivity index (χ0v) is 17.7. The van der Waals surface area contributed by atoms with E-state index in [0.29, 0.717) is 6.42 Å². The molecule has 0 spiro atoms. The minimum absolute atomic E-state index is 0. The zero-order valence-electron chi connectivity index (χ0n) is 14.9. The number of rotatable bonds is 15. The fourth-order valence-corrected chi connectivity index (χ4v) is 2.79.